The smallest absolute Gasteiger partial charge is 0.0543 e. The van der Waals surface area contributed by atoms with Crippen LogP contribution >= 0.6 is 0 Å². The molecule has 0 bridgehead atoms. The highest BCUT2D eigenvalue weighted by atomic mass is 16.5. The molecule has 2 aliphatic rings. The lowest BCUT2D eigenvalue weighted by atomic mass is 9.98. The first-order chi connectivity index (χ1) is 6.56. The van der Waals surface area contributed by atoms with Crippen molar-refractivity contribution in [2.24, 2.45) is 11.3 Å². The molecule has 2 heteroatoms. The normalized spacial score (nSPS) is 40.7. The van der Waals surface area contributed by atoms with Crippen molar-refractivity contribution < 1.29 is 4.74 Å². The second kappa shape index (κ2) is 3.49. The third kappa shape index (κ3) is 1.59. The van der Waals surface area contributed by atoms with Gasteiger partial charge >= 0.3 is 0 Å². The van der Waals surface area contributed by atoms with Crippen LogP contribution in [0.5, 0.6) is 0 Å². The third-order valence-electron chi connectivity index (χ3n) is 4.04. The number of fused-ring (bicyclic) bond motifs is 1. The highest BCUT2D eigenvalue weighted by Crippen LogP contribution is 2.64. The molecule has 82 valence electrons. The fraction of sp³-hybridized carbons (Fsp3) is 1.00. The quantitative estimate of drug-likeness (QED) is 0.684. The highest BCUT2D eigenvalue weighted by molar-refractivity contribution is 5.14. The number of ether oxygens (including phenoxy) is 1. The van der Waals surface area contributed by atoms with Crippen LogP contribution < -0.4 is 0 Å². The van der Waals surface area contributed by atoms with E-state index in [2.05, 4.69) is 32.8 Å². The molecule has 0 amide bonds. The van der Waals surface area contributed by atoms with Crippen molar-refractivity contribution >= 4 is 0 Å². The van der Waals surface area contributed by atoms with Crippen molar-refractivity contribution in [2.45, 2.75) is 45.3 Å². The van der Waals surface area contributed by atoms with E-state index in [1.807, 2.05) is 0 Å². The van der Waals surface area contributed by atoms with E-state index < -0.39 is 0 Å². The lowest BCUT2D eigenvalue weighted by Gasteiger charge is -2.30. The fourth-order valence-corrected chi connectivity index (χ4v) is 3.21. The first-order valence-corrected chi connectivity index (χ1v) is 5.84. The van der Waals surface area contributed by atoms with Crippen LogP contribution in [0.2, 0.25) is 0 Å². The van der Waals surface area contributed by atoms with Gasteiger partial charge in [-0.05, 0) is 53.1 Å². The number of nitrogens with zero attached hydrogens (tertiary/aromatic N) is 1. The summed E-state index contributed by atoms with van der Waals surface area (Å²) in [6.07, 6.45) is 4.58. The van der Waals surface area contributed by atoms with E-state index in [1.54, 1.807) is 0 Å². The topological polar surface area (TPSA) is 12.5 Å². The summed E-state index contributed by atoms with van der Waals surface area (Å²) in [4.78, 5) is 2.40. The van der Waals surface area contributed by atoms with Crippen LogP contribution in [0, 0.1) is 11.3 Å². The van der Waals surface area contributed by atoms with Gasteiger partial charge in [0.05, 0.1) is 12.7 Å². The van der Waals surface area contributed by atoms with Gasteiger partial charge < -0.3 is 9.64 Å². The lowest BCUT2D eigenvalue weighted by molar-refractivity contribution is 0.0187. The summed E-state index contributed by atoms with van der Waals surface area (Å²) in [5, 5.41) is 0. The molecule has 0 aromatic heterocycles. The van der Waals surface area contributed by atoms with Crippen molar-refractivity contribution in [2.75, 3.05) is 20.7 Å². The molecule has 2 saturated carbocycles. The van der Waals surface area contributed by atoms with Crippen molar-refractivity contribution in [3.05, 3.63) is 0 Å². The van der Waals surface area contributed by atoms with Crippen LogP contribution in [0.25, 0.3) is 0 Å². The van der Waals surface area contributed by atoms with Gasteiger partial charge in [0, 0.05) is 11.5 Å². The Morgan fingerprint density at radius 3 is 2.57 bits per heavy atom. The second-order valence-corrected chi connectivity index (χ2v) is 5.55. The molecule has 14 heavy (non-hydrogen) atoms. The molecule has 0 aliphatic heterocycles. The van der Waals surface area contributed by atoms with Crippen molar-refractivity contribution in [3.63, 3.8) is 0 Å². The Balaban J connectivity index is 1.95. The minimum Gasteiger partial charge on any atom is -0.378 e. The summed E-state index contributed by atoms with van der Waals surface area (Å²) in [6, 6.07) is 0.770. The zero-order valence-electron chi connectivity index (χ0n) is 9.92. The SMILES string of the molecule is CC(C)OC[C@@]12C[C@@H]1CC[C@H]2N(C)C. The zero-order chi connectivity index (χ0) is 10.3. The summed E-state index contributed by atoms with van der Waals surface area (Å²) < 4.78 is 5.82. The van der Waals surface area contributed by atoms with Crippen LogP contribution in [0.4, 0.5) is 0 Å². The standard InChI is InChI=1S/C12H23NO/c1-9(2)14-8-12-7-10(12)5-6-11(12)13(3)4/h9-11H,5-8H2,1-4H3/t10-,11+,12-/m0/s1. The molecule has 2 aliphatic carbocycles. The highest BCUT2D eigenvalue weighted by Gasteiger charge is 2.63. The molecule has 0 saturated heterocycles. The van der Waals surface area contributed by atoms with Crippen LogP contribution in [-0.2, 0) is 4.74 Å². The maximum Gasteiger partial charge on any atom is 0.0543 e. The predicted octanol–water partition coefficient (Wildman–Crippen LogP) is 2.14. The van der Waals surface area contributed by atoms with Gasteiger partial charge in [0.1, 0.15) is 0 Å². The van der Waals surface area contributed by atoms with E-state index in [1.165, 1.54) is 19.3 Å². The van der Waals surface area contributed by atoms with Gasteiger partial charge in [-0.1, -0.05) is 0 Å². The average molecular weight is 197 g/mol. The Bertz CT molecular complexity index is 214. The summed E-state index contributed by atoms with van der Waals surface area (Å²) >= 11 is 0. The van der Waals surface area contributed by atoms with Crippen LogP contribution in [0.3, 0.4) is 0 Å². The summed E-state index contributed by atoms with van der Waals surface area (Å²) in [5.41, 5.74) is 0.535. The maximum atomic E-state index is 5.82. The Labute approximate surface area is 87.6 Å². The van der Waals surface area contributed by atoms with Gasteiger partial charge in [-0.15, -0.1) is 0 Å². The van der Waals surface area contributed by atoms with E-state index in [4.69, 9.17) is 4.74 Å². The number of rotatable bonds is 4. The van der Waals surface area contributed by atoms with Gasteiger partial charge in [0.2, 0.25) is 0 Å². The van der Waals surface area contributed by atoms with Crippen LogP contribution in [-0.4, -0.2) is 37.7 Å². The number of hydrogen-bond acceptors (Lipinski definition) is 2. The molecule has 0 heterocycles. The average Bonchev–Trinajstić information content (AvgIpc) is 2.69. The molecule has 0 aromatic rings. The van der Waals surface area contributed by atoms with Gasteiger partial charge in [-0.3, -0.25) is 0 Å². The molecule has 0 N–H and O–H groups in total. The molecule has 2 nitrogen and oxygen atoms in total. The van der Waals surface area contributed by atoms with E-state index in [9.17, 15) is 0 Å². The van der Waals surface area contributed by atoms with E-state index in [0.717, 1.165) is 18.6 Å². The first kappa shape index (κ1) is 10.4. The zero-order valence-corrected chi connectivity index (χ0v) is 9.92. The Kier molecular flexibility index (Phi) is 2.61. The van der Waals surface area contributed by atoms with Crippen molar-refractivity contribution in [1.29, 1.82) is 0 Å². The molecule has 0 radical (unpaired) electrons. The molecule has 2 rings (SSSR count). The maximum absolute atomic E-state index is 5.82. The third-order valence-corrected chi connectivity index (χ3v) is 4.04. The van der Waals surface area contributed by atoms with Crippen molar-refractivity contribution in [3.8, 4) is 0 Å². The van der Waals surface area contributed by atoms with Crippen LogP contribution in [0.15, 0.2) is 0 Å². The fourth-order valence-electron chi connectivity index (χ4n) is 3.21. The van der Waals surface area contributed by atoms with E-state index in [-0.39, 0.29) is 0 Å². The Morgan fingerprint density at radius 2 is 2.07 bits per heavy atom. The van der Waals surface area contributed by atoms with Gasteiger partial charge in [-0.2, -0.15) is 0 Å². The van der Waals surface area contributed by atoms with Gasteiger partial charge in [0.15, 0.2) is 0 Å². The summed E-state index contributed by atoms with van der Waals surface area (Å²) in [7, 11) is 4.42. The summed E-state index contributed by atoms with van der Waals surface area (Å²) in [5.74, 6) is 0.966. The molecule has 0 aromatic carbocycles. The molecule has 2 fully saturated rings. The number of hydrogen-bond donors (Lipinski definition) is 0. The van der Waals surface area contributed by atoms with Gasteiger partial charge in [0.25, 0.3) is 0 Å². The second-order valence-electron chi connectivity index (χ2n) is 5.55. The monoisotopic (exact) mass is 197 g/mol. The van der Waals surface area contributed by atoms with E-state index >= 15 is 0 Å². The minimum atomic E-state index is 0.383. The molecular formula is C12H23NO. The molecule has 0 spiro atoms. The Hall–Kier alpha value is -0.0800. The predicted molar refractivity (Wildman–Crippen MR) is 58.3 cm³/mol. The summed E-state index contributed by atoms with van der Waals surface area (Å²) in [6.45, 7) is 5.25. The van der Waals surface area contributed by atoms with Gasteiger partial charge in [-0.25, -0.2) is 0 Å². The lowest BCUT2D eigenvalue weighted by Crippen LogP contribution is -2.37. The Morgan fingerprint density at radius 1 is 1.36 bits per heavy atom. The largest absolute Gasteiger partial charge is 0.378 e. The van der Waals surface area contributed by atoms with Crippen LogP contribution in [0.1, 0.15) is 33.1 Å². The molecular weight excluding hydrogens is 174 g/mol. The van der Waals surface area contributed by atoms with E-state index in [0.29, 0.717) is 11.5 Å². The molecule has 3 atom stereocenters. The molecule has 0 unspecified atom stereocenters. The first-order valence-electron chi connectivity index (χ1n) is 5.84. The van der Waals surface area contributed by atoms with Crippen molar-refractivity contribution in [1.82, 2.24) is 4.90 Å². The minimum absolute atomic E-state index is 0.383.